The van der Waals surface area contributed by atoms with Gasteiger partial charge < -0.3 is 9.64 Å². The minimum atomic E-state index is -2.09. The van der Waals surface area contributed by atoms with Gasteiger partial charge in [0.25, 0.3) is 5.91 Å². The average molecular weight is 394 g/mol. The van der Waals surface area contributed by atoms with E-state index in [1.54, 1.807) is 0 Å². The lowest BCUT2D eigenvalue weighted by Gasteiger charge is -2.45. The number of carbonyl (C=O) groups is 1. The predicted molar refractivity (Wildman–Crippen MR) is 108 cm³/mol. The molecule has 150 valence electrons. The molecule has 3 rings (SSSR count). The Morgan fingerprint density at radius 3 is 2.67 bits per heavy atom. The number of ether oxygens (including phenoxy) is 1. The molecule has 0 bridgehead atoms. The molecule has 0 atom stereocenters. The van der Waals surface area contributed by atoms with E-state index in [1.807, 2.05) is 30.9 Å². The number of carbonyl (C=O) groups excluding carboxylic acids is 1. The minimum absolute atomic E-state index is 0.0162. The molecule has 3 heterocycles. The van der Waals surface area contributed by atoms with Crippen LogP contribution in [0.4, 0.5) is 0 Å². The van der Waals surface area contributed by atoms with Crippen molar-refractivity contribution in [3.05, 3.63) is 29.1 Å². The molecule has 1 aromatic heterocycles. The third-order valence-corrected chi connectivity index (χ3v) is 8.00. The highest BCUT2D eigenvalue weighted by Crippen LogP contribution is 2.32. The first-order valence-corrected chi connectivity index (χ1v) is 11.7. The lowest BCUT2D eigenvalue weighted by molar-refractivity contribution is -0.104. The Morgan fingerprint density at radius 1 is 1.37 bits per heavy atom. The van der Waals surface area contributed by atoms with Crippen LogP contribution >= 0.6 is 0 Å². The summed E-state index contributed by atoms with van der Waals surface area (Å²) < 4.78 is 23.1. The lowest BCUT2D eigenvalue weighted by atomic mass is 9.94. The van der Waals surface area contributed by atoms with Crippen LogP contribution in [0.15, 0.2) is 16.5 Å². The number of amides is 1. The number of aromatic nitrogens is 1. The molecule has 1 amide bonds. The Kier molecular flexibility index (Phi) is 5.91. The average Bonchev–Trinajstić information content (AvgIpc) is 2.64. The molecule has 7 heteroatoms. The molecular formula is C20H31N3O3S. The third-order valence-electron chi connectivity index (χ3n) is 5.58. The van der Waals surface area contributed by atoms with E-state index in [4.69, 9.17) is 4.74 Å². The second-order valence-electron chi connectivity index (χ2n) is 7.91. The second-order valence-corrected chi connectivity index (χ2v) is 10.5. The molecule has 0 aliphatic carbocycles. The Hall–Kier alpha value is -1.47. The summed E-state index contributed by atoms with van der Waals surface area (Å²) in [6.45, 7) is 10.3. The summed E-state index contributed by atoms with van der Waals surface area (Å²) in [6, 6.07) is 3.85. The van der Waals surface area contributed by atoms with Gasteiger partial charge in [0, 0.05) is 40.0 Å². The number of hydrogen-bond donors (Lipinski definition) is 0. The van der Waals surface area contributed by atoms with E-state index in [0.717, 1.165) is 11.4 Å². The quantitative estimate of drug-likeness (QED) is 0.791. The molecular weight excluding hydrogens is 362 g/mol. The summed E-state index contributed by atoms with van der Waals surface area (Å²) in [5, 5.41) is 0. The smallest absolute Gasteiger partial charge is 0.255 e. The maximum Gasteiger partial charge on any atom is 0.255 e. The van der Waals surface area contributed by atoms with Crippen LogP contribution in [0.25, 0.3) is 0 Å². The first-order valence-electron chi connectivity index (χ1n) is 9.86. The highest BCUT2D eigenvalue weighted by Gasteiger charge is 2.42. The molecule has 1 aromatic rings. The molecule has 0 N–H and O–H groups in total. The summed E-state index contributed by atoms with van der Waals surface area (Å²) in [6.07, 6.45) is 1.39. The van der Waals surface area contributed by atoms with Crippen LogP contribution in [-0.2, 0) is 14.5 Å². The second kappa shape index (κ2) is 7.87. The minimum Gasteiger partial charge on any atom is -0.371 e. The zero-order valence-corrected chi connectivity index (χ0v) is 17.7. The molecule has 2 aliphatic rings. The van der Waals surface area contributed by atoms with Crippen LogP contribution < -0.4 is 0 Å². The number of aryl methyl sites for hydroxylation is 1. The predicted octanol–water partition coefficient (Wildman–Crippen LogP) is 3.01. The molecule has 0 saturated carbocycles. The van der Waals surface area contributed by atoms with Crippen LogP contribution in [0.3, 0.4) is 0 Å². The van der Waals surface area contributed by atoms with Gasteiger partial charge >= 0.3 is 0 Å². The fraction of sp³-hybridized carbons (Fsp3) is 0.700. The van der Waals surface area contributed by atoms with E-state index in [9.17, 15) is 9.00 Å². The van der Waals surface area contributed by atoms with Gasteiger partial charge in [-0.15, -0.1) is 0 Å². The van der Waals surface area contributed by atoms with Gasteiger partial charge in [-0.3, -0.25) is 9.78 Å². The van der Waals surface area contributed by atoms with Gasteiger partial charge in [0.15, 0.2) is 0 Å². The Balaban J connectivity index is 1.74. The van der Waals surface area contributed by atoms with Crippen molar-refractivity contribution in [3.8, 4) is 0 Å². The summed E-state index contributed by atoms with van der Waals surface area (Å²) in [4.78, 5) is 19.6. The van der Waals surface area contributed by atoms with Crippen LogP contribution in [0.5, 0.6) is 0 Å². The first kappa shape index (κ1) is 20.3. The summed E-state index contributed by atoms with van der Waals surface area (Å²) in [7, 11) is -2.09. The Labute approximate surface area is 162 Å². The molecule has 2 aliphatic heterocycles. The standard InChI is InChI=1S/C20H31N3O3S/c1-5-21-27(25)12-8-20(9-13-27)14-23(10-11-26-20)19(24)17-6-7-18(15(2)3)22-16(17)4/h6-7,15H,5,8-14H2,1-4H3. The number of rotatable bonds is 3. The van der Waals surface area contributed by atoms with Crippen molar-refractivity contribution in [2.75, 3.05) is 37.7 Å². The molecule has 1 spiro atoms. The summed E-state index contributed by atoms with van der Waals surface area (Å²) >= 11 is 0. The van der Waals surface area contributed by atoms with Crippen LogP contribution in [0, 0.1) is 6.92 Å². The molecule has 2 saturated heterocycles. The first-order chi connectivity index (χ1) is 12.8. The van der Waals surface area contributed by atoms with Crippen molar-refractivity contribution in [1.29, 1.82) is 0 Å². The van der Waals surface area contributed by atoms with Crippen LogP contribution in [0.1, 0.15) is 61.3 Å². The fourth-order valence-corrected chi connectivity index (χ4v) is 6.22. The van der Waals surface area contributed by atoms with Crippen molar-refractivity contribution in [1.82, 2.24) is 9.88 Å². The zero-order chi connectivity index (χ0) is 19.7. The maximum atomic E-state index is 13.1. The van der Waals surface area contributed by atoms with E-state index < -0.39 is 9.73 Å². The lowest BCUT2D eigenvalue weighted by Crippen LogP contribution is -2.56. The third kappa shape index (κ3) is 4.35. The molecule has 2 fully saturated rings. The van der Waals surface area contributed by atoms with Crippen molar-refractivity contribution in [3.63, 3.8) is 0 Å². The van der Waals surface area contributed by atoms with Crippen LogP contribution in [0.2, 0.25) is 0 Å². The van der Waals surface area contributed by atoms with Gasteiger partial charge in [0.05, 0.1) is 30.0 Å². The zero-order valence-electron chi connectivity index (χ0n) is 16.9. The molecule has 6 nitrogen and oxygen atoms in total. The van der Waals surface area contributed by atoms with Crippen molar-refractivity contribution >= 4 is 15.6 Å². The molecule has 0 radical (unpaired) electrons. The molecule has 27 heavy (non-hydrogen) atoms. The van der Waals surface area contributed by atoms with E-state index in [-0.39, 0.29) is 11.5 Å². The highest BCUT2D eigenvalue weighted by atomic mass is 32.2. The van der Waals surface area contributed by atoms with E-state index in [2.05, 4.69) is 23.2 Å². The number of pyridine rings is 1. The molecule has 0 unspecified atom stereocenters. The Morgan fingerprint density at radius 2 is 2.07 bits per heavy atom. The van der Waals surface area contributed by atoms with Crippen molar-refractivity contribution < 1.29 is 13.7 Å². The van der Waals surface area contributed by atoms with E-state index in [0.29, 0.717) is 62.1 Å². The van der Waals surface area contributed by atoms with Gasteiger partial charge in [0.2, 0.25) is 0 Å². The monoisotopic (exact) mass is 393 g/mol. The number of hydrogen-bond acceptors (Lipinski definition) is 5. The number of nitrogens with zero attached hydrogens (tertiary/aromatic N) is 3. The SMILES string of the molecule is CCN=S1(=O)CCC2(CC1)CN(C(=O)c1ccc(C(C)C)nc1C)CCO2. The van der Waals surface area contributed by atoms with Gasteiger partial charge in [0.1, 0.15) is 0 Å². The Bertz CT molecular complexity index is 814. The normalized spacial score (nSPS) is 28.6. The topological polar surface area (TPSA) is 71.9 Å². The van der Waals surface area contributed by atoms with Crippen molar-refractivity contribution in [2.45, 2.75) is 52.1 Å². The van der Waals surface area contributed by atoms with Gasteiger partial charge in [-0.2, -0.15) is 0 Å². The largest absolute Gasteiger partial charge is 0.371 e. The number of morpholine rings is 1. The van der Waals surface area contributed by atoms with Crippen molar-refractivity contribution in [2.24, 2.45) is 4.36 Å². The van der Waals surface area contributed by atoms with Gasteiger partial charge in [-0.1, -0.05) is 13.8 Å². The van der Waals surface area contributed by atoms with Gasteiger partial charge in [-0.05, 0) is 44.7 Å². The highest BCUT2D eigenvalue weighted by molar-refractivity contribution is 7.93. The van der Waals surface area contributed by atoms with E-state index >= 15 is 0 Å². The van der Waals surface area contributed by atoms with E-state index in [1.165, 1.54) is 0 Å². The maximum absolute atomic E-state index is 13.1. The molecule has 0 aromatic carbocycles. The van der Waals surface area contributed by atoms with Crippen LogP contribution in [-0.4, -0.2) is 63.3 Å². The van der Waals surface area contributed by atoms with Gasteiger partial charge in [-0.25, -0.2) is 8.57 Å². The summed E-state index contributed by atoms with van der Waals surface area (Å²) in [5.41, 5.74) is 2.07. The fourth-order valence-electron chi connectivity index (χ4n) is 3.90. The summed E-state index contributed by atoms with van der Waals surface area (Å²) in [5.74, 6) is 1.48.